The Morgan fingerprint density at radius 3 is 2.59 bits per heavy atom. The summed E-state index contributed by atoms with van der Waals surface area (Å²) in [7, 11) is 0. The lowest BCUT2D eigenvalue weighted by atomic mass is 10.2. The molecule has 0 amide bonds. The van der Waals surface area contributed by atoms with E-state index < -0.39 is 0 Å². The van der Waals surface area contributed by atoms with Crippen molar-refractivity contribution in [3.05, 3.63) is 23.7 Å². The van der Waals surface area contributed by atoms with Crippen molar-refractivity contribution >= 4 is 12.6 Å². The number of anilines is 1. The minimum absolute atomic E-state index is 0.429. The molecular weight excluding hydrogens is 220 g/mol. The Kier molecular flexibility index (Phi) is 4.33. The molecule has 2 N–H and O–H groups in total. The van der Waals surface area contributed by atoms with E-state index in [1.807, 2.05) is 32.8 Å². The number of nitrogen functional groups attached to an aromatic ring is 1. The van der Waals surface area contributed by atoms with E-state index in [9.17, 15) is 0 Å². The van der Waals surface area contributed by atoms with Gasteiger partial charge in [-0.15, -0.1) is 0 Å². The van der Waals surface area contributed by atoms with E-state index in [1.165, 1.54) is 0 Å². The molecule has 0 fully saturated rings. The van der Waals surface area contributed by atoms with Crippen LogP contribution in [0.25, 0.3) is 11.4 Å². The summed E-state index contributed by atoms with van der Waals surface area (Å²) in [6.07, 6.45) is 0.714. The molecule has 2 heterocycles. The zero-order chi connectivity index (χ0) is 12.8. The second-order valence-electron chi connectivity index (χ2n) is 3.25. The van der Waals surface area contributed by atoms with Crippen molar-refractivity contribution in [3.63, 3.8) is 0 Å². The molecule has 0 aliphatic rings. The first kappa shape index (κ1) is 12.8. The summed E-state index contributed by atoms with van der Waals surface area (Å²) in [6, 6.07) is 3.72. The molecule has 90 valence electrons. The van der Waals surface area contributed by atoms with Gasteiger partial charge in [-0.1, -0.05) is 12.1 Å². The number of hydrogen-bond acceptors (Lipinski definition) is 6. The van der Waals surface area contributed by atoms with Crippen LogP contribution in [-0.2, 0) is 11.2 Å². The quantitative estimate of drug-likeness (QED) is 0.843. The van der Waals surface area contributed by atoms with E-state index in [0.717, 1.165) is 5.69 Å². The molecular formula is C11H14N4O2. The molecule has 2 aromatic heterocycles. The second-order valence-corrected chi connectivity index (χ2v) is 3.25. The van der Waals surface area contributed by atoms with Gasteiger partial charge in [-0.05, 0) is 19.1 Å². The van der Waals surface area contributed by atoms with Crippen LogP contribution >= 0.6 is 0 Å². The maximum Gasteiger partial charge on any atom is 0.226 e. The van der Waals surface area contributed by atoms with Crippen LogP contribution in [0.1, 0.15) is 18.5 Å². The van der Waals surface area contributed by atoms with Gasteiger partial charge in [0.05, 0.1) is 5.56 Å². The zero-order valence-electron chi connectivity index (χ0n) is 9.80. The smallest absolute Gasteiger partial charge is 0.226 e. The zero-order valence-corrected chi connectivity index (χ0v) is 9.80. The molecule has 0 aliphatic carbocycles. The minimum Gasteiger partial charge on any atom is -0.383 e. The first-order valence-corrected chi connectivity index (χ1v) is 5.05. The average Bonchev–Trinajstić information content (AvgIpc) is 2.80. The van der Waals surface area contributed by atoms with E-state index in [1.54, 1.807) is 0 Å². The Morgan fingerprint density at radius 1 is 1.35 bits per heavy atom. The fraction of sp³-hybridized carbons (Fsp3) is 0.273. The summed E-state index contributed by atoms with van der Waals surface area (Å²) in [5.41, 5.74) is 7.35. The van der Waals surface area contributed by atoms with Crippen molar-refractivity contribution in [1.82, 2.24) is 15.1 Å². The highest BCUT2D eigenvalue weighted by Gasteiger charge is 2.10. The highest BCUT2D eigenvalue weighted by Crippen LogP contribution is 2.21. The molecule has 6 nitrogen and oxygen atoms in total. The molecule has 17 heavy (non-hydrogen) atoms. The van der Waals surface area contributed by atoms with Gasteiger partial charge in [0.1, 0.15) is 12.6 Å². The lowest BCUT2D eigenvalue weighted by Crippen LogP contribution is -1.96. The Labute approximate surface area is 98.9 Å². The van der Waals surface area contributed by atoms with Crippen molar-refractivity contribution in [2.75, 3.05) is 5.73 Å². The van der Waals surface area contributed by atoms with Crippen molar-refractivity contribution in [1.29, 1.82) is 0 Å². The summed E-state index contributed by atoms with van der Waals surface area (Å²) < 4.78 is 5.01. The van der Waals surface area contributed by atoms with E-state index in [4.69, 9.17) is 15.1 Å². The van der Waals surface area contributed by atoms with E-state index in [0.29, 0.717) is 29.5 Å². The van der Waals surface area contributed by atoms with Crippen LogP contribution in [-0.4, -0.2) is 21.9 Å². The second kappa shape index (κ2) is 5.74. The standard InChI is InChI=1S/C10H12N4O.CH2O/c1-3-8-13-10(14-15-8)7-5-4-6(2)12-9(7)11;1-2/h4-5H,3H2,1-2H3,(H2,11,12);1H2. The van der Waals surface area contributed by atoms with Gasteiger partial charge >= 0.3 is 0 Å². The summed E-state index contributed by atoms with van der Waals surface area (Å²) >= 11 is 0. The van der Waals surface area contributed by atoms with Gasteiger partial charge in [0, 0.05) is 12.1 Å². The monoisotopic (exact) mass is 234 g/mol. The maximum atomic E-state index is 8.00. The number of pyridine rings is 1. The van der Waals surface area contributed by atoms with Gasteiger partial charge in [0.25, 0.3) is 0 Å². The van der Waals surface area contributed by atoms with Crippen molar-refractivity contribution in [3.8, 4) is 11.4 Å². The number of carbonyl (C=O) groups is 1. The predicted octanol–water partition coefficient (Wildman–Crippen LogP) is 1.40. The lowest BCUT2D eigenvalue weighted by Gasteiger charge is -1.99. The largest absolute Gasteiger partial charge is 0.383 e. The van der Waals surface area contributed by atoms with Crippen LogP contribution < -0.4 is 5.73 Å². The molecule has 0 saturated carbocycles. The summed E-state index contributed by atoms with van der Waals surface area (Å²) in [5.74, 6) is 1.53. The number of rotatable bonds is 2. The molecule has 2 rings (SSSR count). The van der Waals surface area contributed by atoms with E-state index in [-0.39, 0.29) is 0 Å². The Morgan fingerprint density at radius 2 is 2.06 bits per heavy atom. The van der Waals surface area contributed by atoms with Gasteiger partial charge in [-0.2, -0.15) is 4.98 Å². The summed E-state index contributed by atoms with van der Waals surface area (Å²) in [4.78, 5) is 16.3. The Hall–Kier alpha value is -2.24. The van der Waals surface area contributed by atoms with Crippen LogP contribution in [0.15, 0.2) is 16.7 Å². The Bertz CT molecular complexity index is 496. The maximum absolute atomic E-state index is 8.00. The molecule has 0 spiro atoms. The fourth-order valence-corrected chi connectivity index (χ4v) is 1.27. The molecule has 0 unspecified atom stereocenters. The van der Waals surface area contributed by atoms with Crippen LogP contribution in [0.5, 0.6) is 0 Å². The third kappa shape index (κ3) is 2.87. The van der Waals surface area contributed by atoms with E-state index >= 15 is 0 Å². The first-order valence-electron chi connectivity index (χ1n) is 5.05. The number of aryl methyl sites for hydroxylation is 2. The average molecular weight is 234 g/mol. The third-order valence-corrected chi connectivity index (χ3v) is 2.08. The Balaban J connectivity index is 0.000000686. The normalized spacial score (nSPS) is 9.53. The van der Waals surface area contributed by atoms with Crippen LogP contribution in [0, 0.1) is 6.92 Å². The van der Waals surface area contributed by atoms with Crippen LogP contribution in [0.2, 0.25) is 0 Å². The number of nitrogens with two attached hydrogens (primary N) is 1. The number of aromatic nitrogens is 3. The van der Waals surface area contributed by atoms with Crippen LogP contribution in [0.4, 0.5) is 5.82 Å². The highest BCUT2D eigenvalue weighted by molar-refractivity contribution is 5.67. The van der Waals surface area contributed by atoms with Gasteiger partial charge in [-0.3, -0.25) is 0 Å². The van der Waals surface area contributed by atoms with E-state index in [2.05, 4.69) is 15.1 Å². The van der Waals surface area contributed by atoms with Gasteiger partial charge in [-0.25, -0.2) is 4.98 Å². The molecule has 0 atom stereocenters. The molecule has 6 heteroatoms. The predicted molar refractivity (Wildman–Crippen MR) is 63.2 cm³/mol. The highest BCUT2D eigenvalue weighted by atomic mass is 16.5. The lowest BCUT2D eigenvalue weighted by molar-refractivity contribution is -0.0979. The molecule has 0 bridgehead atoms. The van der Waals surface area contributed by atoms with Gasteiger partial charge < -0.3 is 15.1 Å². The topological polar surface area (TPSA) is 94.9 Å². The number of carbonyl (C=O) groups excluding carboxylic acids is 1. The number of nitrogens with zero attached hydrogens (tertiary/aromatic N) is 3. The SMILES string of the molecule is C=O.CCc1nc(-c2ccc(C)nc2N)no1. The van der Waals surface area contributed by atoms with Crippen molar-refractivity contribution in [2.24, 2.45) is 0 Å². The first-order chi connectivity index (χ1) is 8.20. The third-order valence-electron chi connectivity index (χ3n) is 2.08. The number of hydrogen-bond donors (Lipinski definition) is 1. The summed E-state index contributed by atoms with van der Waals surface area (Å²) in [6.45, 7) is 5.84. The molecule has 0 aromatic carbocycles. The van der Waals surface area contributed by atoms with Gasteiger partial charge in [0.2, 0.25) is 11.7 Å². The summed E-state index contributed by atoms with van der Waals surface area (Å²) in [5, 5.41) is 3.84. The minimum atomic E-state index is 0.429. The van der Waals surface area contributed by atoms with Crippen molar-refractivity contribution < 1.29 is 9.32 Å². The molecule has 0 saturated heterocycles. The molecule has 0 aliphatic heterocycles. The van der Waals surface area contributed by atoms with Gasteiger partial charge in [0.15, 0.2) is 0 Å². The molecule has 2 aromatic rings. The molecule has 0 radical (unpaired) electrons. The van der Waals surface area contributed by atoms with Crippen molar-refractivity contribution in [2.45, 2.75) is 20.3 Å². The fourth-order valence-electron chi connectivity index (χ4n) is 1.27. The van der Waals surface area contributed by atoms with Crippen LogP contribution in [0.3, 0.4) is 0 Å².